The molecule has 214 valence electrons. The van der Waals surface area contributed by atoms with E-state index in [1.165, 1.54) is 10.0 Å². The van der Waals surface area contributed by atoms with Gasteiger partial charge in [0.05, 0.1) is 23.1 Å². The van der Waals surface area contributed by atoms with Crippen molar-refractivity contribution < 1.29 is 23.5 Å². The quantitative estimate of drug-likeness (QED) is 0.376. The van der Waals surface area contributed by atoms with Crippen molar-refractivity contribution in [3.8, 4) is 0 Å². The number of aryl methyl sites for hydroxylation is 1. The summed E-state index contributed by atoms with van der Waals surface area (Å²) in [6, 6.07) is 8.89. The first-order valence-electron chi connectivity index (χ1n) is 12.9. The van der Waals surface area contributed by atoms with Gasteiger partial charge in [-0.3, -0.25) is 14.6 Å². The first-order valence-corrected chi connectivity index (χ1v) is 12.9. The van der Waals surface area contributed by atoms with Gasteiger partial charge in [0, 0.05) is 51.9 Å². The van der Waals surface area contributed by atoms with Crippen LogP contribution >= 0.6 is 0 Å². The highest BCUT2D eigenvalue weighted by molar-refractivity contribution is 5.97. The standard InChI is InChI=1S/C28H36N6O6/c1-19-22(11-10-21-25(19)26(37)39-18-31-21)34(23(35)12-15-30-27(38)40-28(2,3)4)33(6)17-24(36)32(5)16-13-20-9-7-8-14-29-20/h7-11,14,18H,12-13,15-17H2,1-6H3,(H,30,38). The number of hydrogen-bond donors (Lipinski definition) is 1. The lowest BCUT2D eigenvalue weighted by Gasteiger charge is -2.34. The topological polar surface area (TPSA) is 138 Å². The van der Waals surface area contributed by atoms with Crippen LogP contribution in [0.3, 0.4) is 0 Å². The van der Waals surface area contributed by atoms with Gasteiger partial charge in [-0.05, 0) is 57.5 Å². The molecule has 0 radical (unpaired) electrons. The van der Waals surface area contributed by atoms with E-state index < -0.39 is 23.2 Å². The number of nitrogens with one attached hydrogen (secondary N) is 1. The minimum Gasteiger partial charge on any atom is -0.444 e. The number of carbonyl (C=O) groups excluding carboxylic acids is 3. The average Bonchev–Trinajstić information content (AvgIpc) is 2.88. The zero-order valence-corrected chi connectivity index (χ0v) is 23.8. The molecule has 0 saturated heterocycles. The minimum absolute atomic E-state index is 0.00628. The Morgan fingerprint density at radius 3 is 2.48 bits per heavy atom. The van der Waals surface area contributed by atoms with Gasteiger partial charge in [-0.1, -0.05) is 6.07 Å². The van der Waals surface area contributed by atoms with Gasteiger partial charge >= 0.3 is 11.7 Å². The number of benzene rings is 1. The van der Waals surface area contributed by atoms with Gasteiger partial charge in [-0.25, -0.2) is 24.6 Å². The Balaban J connectivity index is 1.80. The van der Waals surface area contributed by atoms with Crippen molar-refractivity contribution >= 4 is 34.5 Å². The third-order valence-electron chi connectivity index (χ3n) is 6.00. The number of nitrogens with zero attached hydrogens (tertiary/aromatic N) is 5. The van der Waals surface area contributed by atoms with Gasteiger partial charge in [0.1, 0.15) is 5.60 Å². The van der Waals surface area contributed by atoms with Gasteiger partial charge < -0.3 is 19.4 Å². The number of amides is 3. The van der Waals surface area contributed by atoms with E-state index in [9.17, 15) is 19.2 Å². The lowest BCUT2D eigenvalue weighted by Crippen LogP contribution is -2.50. The van der Waals surface area contributed by atoms with Gasteiger partial charge in [0.15, 0.2) is 6.39 Å². The molecule has 0 aliphatic heterocycles. The highest BCUT2D eigenvalue weighted by Gasteiger charge is 2.26. The molecule has 2 aromatic heterocycles. The molecule has 3 amide bonds. The maximum Gasteiger partial charge on any atom is 0.407 e. The number of rotatable bonds is 10. The molecule has 0 spiro atoms. The molecule has 1 aromatic carbocycles. The van der Waals surface area contributed by atoms with Gasteiger partial charge in [-0.15, -0.1) is 0 Å². The van der Waals surface area contributed by atoms with Crippen molar-refractivity contribution in [3.63, 3.8) is 0 Å². The number of carbonyl (C=O) groups is 3. The van der Waals surface area contributed by atoms with E-state index in [-0.39, 0.29) is 30.8 Å². The number of ether oxygens (including phenoxy) is 1. The minimum atomic E-state index is -0.680. The summed E-state index contributed by atoms with van der Waals surface area (Å²) in [6.07, 6.45) is 2.62. The summed E-state index contributed by atoms with van der Waals surface area (Å²) in [5.74, 6) is -0.624. The summed E-state index contributed by atoms with van der Waals surface area (Å²) in [5, 5.41) is 5.63. The SMILES string of the molecule is Cc1c(N(C(=O)CCNC(=O)OC(C)(C)C)N(C)CC(=O)N(C)CCc2ccccn2)ccc2ncoc(=O)c12. The molecule has 0 saturated carbocycles. The van der Waals surface area contributed by atoms with Crippen LogP contribution in [0.4, 0.5) is 10.5 Å². The summed E-state index contributed by atoms with van der Waals surface area (Å²) < 4.78 is 10.2. The third-order valence-corrected chi connectivity index (χ3v) is 6.00. The molecule has 0 aliphatic carbocycles. The zero-order chi connectivity index (χ0) is 29.4. The predicted molar refractivity (Wildman–Crippen MR) is 150 cm³/mol. The number of likely N-dealkylation sites (N-methyl/N-ethyl adjacent to an activating group) is 2. The van der Waals surface area contributed by atoms with E-state index in [0.717, 1.165) is 12.1 Å². The van der Waals surface area contributed by atoms with Gasteiger partial charge in [0.2, 0.25) is 11.8 Å². The van der Waals surface area contributed by atoms with Crippen molar-refractivity contribution in [1.82, 2.24) is 25.2 Å². The smallest absolute Gasteiger partial charge is 0.407 e. The van der Waals surface area contributed by atoms with Crippen LogP contribution in [0.25, 0.3) is 10.9 Å². The van der Waals surface area contributed by atoms with Crippen LogP contribution in [0.15, 0.2) is 52.1 Å². The van der Waals surface area contributed by atoms with Crippen LogP contribution in [0, 0.1) is 6.92 Å². The van der Waals surface area contributed by atoms with Crippen molar-refractivity contribution in [2.75, 3.05) is 38.7 Å². The van der Waals surface area contributed by atoms with E-state index >= 15 is 0 Å². The first kappa shape index (κ1) is 30.2. The Kier molecular flexibility index (Phi) is 9.94. The number of fused-ring (bicyclic) bond motifs is 1. The normalized spacial score (nSPS) is 11.4. The number of aromatic nitrogens is 2. The summed E-state index contributed by atoms with van der Waals surface area (Å²) in [5.41, 5.74) is 0.877. The molecule has 12 heteroatoms. The monoisotopic (exact) mass is 552 g/mol. The lowest BCUT2D eigenvalue weighted by atomic mass is 10.1. The number of hydrogen-bond acceptors (Lipinski definition) is 9. The molecule has 0 atom stereocenters. The van der Waals surface area contributed by atoms with Crippen LogP contribution in [-0.2, 0) is 20.7 Å². The maximum atomic E-state index is 13.5. The van der Waals surface area contributed by atoms with Crippen LogP contribution in [0.1, 0.15) is 38.4 Å². The third kappa shape index (κ3) is 8.09. The number of anilines is 1. The lowest BCUT2D eigenvalue weighted by molar-refractivity contribution is -0.131. The Hall–Kier alpha value is -4.32. The summed E-state index contributed by atoms with van der Waals surface area (Å²) in [4.78, 5) is 61.1. The molecule has 0 fully saturated rings. The van der Waals surface area contributed by atoms with E-state index in [4.69, 9.17) is 9.15 Å². The van der Waals surface area contributed by atoms with Gasteiger partial charge in [-0.2, -0.15) is 0 Å². The molecule has 3 aromatic rings. The Morgan fingerprint density at radius 2 is 1.80 bits per heavy atom. The van der Waals surface area contributed by atoms with Crippen LogP contribution in [0.5, 0.6) is 0 Å². The molecule has 2 heterocycles. The maximum absolute atomic E-state index is 13.5. The summed E-state index contributed by atoms with van der Waals surface area (Å²) in [7, 11) is 3.30. The highest BCUT2D eigenvalue weighted by atomic mass is 16.6. The Bertz CT molecular complexity index is 1400. The van der Waals surface area contributed by atoms with Crippen LogP contribution < -0.4 is 16.0 Å². The fourth-order valence-corrected chi connectivity index (χ4v) is 4.01. The number of hydrazine groups is 1. The van der Waals surface area contributed by atoms with Crippen LogP contribution in [-0.4, -0.2) is 77.1 Å². The highest BCUT2D eigenvalue weighted by Crippen LogP contribution is 2.27. The van der Waals surface area contributed by atoms with E-state index in [1.807, 2.05) is 18.2 Å². The molecule has 3 rings (SSSR count). The molecule has 0 bridgehead atoms. The largest absolute Gasteiger partial charge is 0.444 e. The van der Waals surface area contributed by atoms with Crippen molar-refractivity contribution in [2.45, 2.75) is 46.1 Å². The summed E-state index contributed by atoms with van der Waals surface area (Å²) in [6.45, 7) is 7.24. The second kappa shape index (κ2) is 13.2. The number of alkyl carbamates (subject to hydrolysis) is 1. The second-order valence-electron chi connectivity index (χ2n) is 10.3. The van der Waals surface area contributed by atoms with E-state index in [0.29, 0.717) is 29.7 Å². The number of pyridine rings is 1. The first-order chi connectivity index (χ1) is 18.9. The Labute approximate surface area is 232 Å². The molecular weight excluding hydrogens is 516 g/mol. The summed E-state index contributed by atoms with van der Waals surface area (Å²) >= 11 is 0. The van der Waals surface area contributed by atoms with Gasteiger partial charge in [0.25, 0.3) is 0 Å². The zero-order valence-electron chi connectivity index (χ0n) is 23.8. The fraction of sp³-hybridized carbons (Fsp3) is 0.429. The molecule has 0 unspecified atom stereocenters. The van der Waals surface area contributed by atoms with Crippen LogP contribution in [0.2, 0.25) is 0 Å². The molecule has 12 nitrogen and oxygen atoms in total. The fourth-order valence-electron chi connectivity index (χ4n) is 4.01. The van der Waals surface area contributed by atoms with E-state index in [1.54, 1.807) is 65.0 Å². The van der Waals surface area contributed by atoms with Crippen molar-refractivity contribution in [1.29, 1.82) is 0 Å². The molecule has 40 heavy (non-hydrogen) atoms. The molecule has 1 N–H and O–H groups in total. The average molecular weight is 553 g/mol. The van der Waals surface area contributed by atoms with Crippen molar-refractivity contribution in [2.24, 2.45) is 0 Å². The predicted octanol–water partition coefficient (Wildman–Crippen LogP) is 2.69. The Morgan fingerprint density at radius 1 is 1.05 bits per heavy atom. The molecule has 0 aliphatic rings. The van der Waals surface area contributed by atoms with Crippen molar-refractivity contribution in [3.05, 3.63) is 64.6 Å². The van der Waals surface area contributed by atoms with E-state index in [2.05, 4.69) is 15.3 Å². The molecular formula is C28H36N6O6. The second-order valence-corrected chi connectivity index (χ2v) is 10.3.